The van der Waals surface area contributed by atoms with E-state index in [-0.39, 0.29) is 0 Å². The molecule has 1 N–H and O–H groups in total. The first kappa shape index (κ1) is 21.3. The van der Waals surface area contributed by atoms with Gasteiger partial charge in [-0.3, -0.25) is 9.10 Å². The molecule has 5 nitrogen and oxygen atoms in total. The molecule has 0 radical (unpaired) electrons. The topological polar surface area (TPSA) is 66.5 Å². The number of hydrogen-bond acceptors (Lipinski definition) is 3. The number of carbonyl (C=O) groups is 1. The van der Waals surface area contributed by atoms with Crippen LogP contribution in [0.2, 0.25) is 5.02 Å². The second kappa shape index (κ2) is 8.31. The van der Waals surface area contributed by atoms with Gasteiger partial charge in [0.1, 0.15) is 6.04 Å². The molecule has 1 atom stereocenters. The van der Waals surface area contributed by atoms with Crippen molar-refractivity contribution < 1.29 is 13.2 Å². The third-order valence-corrected chi connectivity index (χ3v) is 6.10. The van der Waals surface area contributed by atoms with Gasteiger partial charge in [-0.25, -0.2) is 8.42 Å². The fourth-order valence-corrected chi connectivity index (χ4v) is 4.20. The molecule has 0 fully saturated rings. The van der Waals surface area contributed by atoms with Crippen molar-refractivity contribution in [3.05, 3.63) is 58.1 Å². The van der Waals surface area contributed by atoms with Gasteiger partial charge in [-0.1, -0.05) is 30.7 Å². The predicted octanol–water partition coefficient (Wildman–Crippen LogP) is 4.45. The van der Waals surface area contributed by atoms with Crippen LogP contribution >= 0.6 is 11.6 Å². The minimum Gasteiger partial charge on any atom is -0.324 e. The highest BCUT2D eigenvalue weighted by molar-refractivity contribution is 7.92. The molecule has 7 heteroatoms. The number of aryl methyl sites for hydroxylation is 3. The first-order valence-corrected chi connectivity index (χ1v) is 10.9. The second-order valence-corrected chi connectivity index (χ2v) is 8.97. The summed E-state index contributed by atoms with van der Waals surface area (Å²) in [5.41, 5.74) is 3.92. The van der Waals surface area contributed by atoms with Crippen molar-refractivity contribution in [1.29, 1.82) is 0 Å². The third-order valence-electron chi connectivity index (χ3n) is 4.51. The lowest BCUT2D eigenvalue weighted by molar-refractivity contribution is -0.117. The maximum atomic E-state index is 12.9. The monoisotopic (exact) mass is 408 g/mol. The average Bonchev–Trinajstić information content (AvgIpc) is 2.57. The second-order valence-electron chi connectivity index (χ2n) is 6.70. The summed E-state index contributed by atoms with van der Waals surface area (Å²) in [5.74, 6) is -0.402. The molecule has 1 unspecified atom stereocenters. The van der Waals surface area contributed by atoms with Gasteiger partial charge in [0.15, 0.2) is 0 Å². The molecule has 2 aromatic carbocycles. The third kappa shape index (κ3) is 5.02. The molecule has 0 heterocycles. The van der Waals surface area contributed by atoms with E-state index in [0.29, 0.717) is 22.8 Å². The molecule has 0 bridgehead atoms. The Hall–Kier alpha value is -2.05. The van der Waals surface area contributed by atoms with Gasteiger partial charge >= 0.3 is 0 Å². The summed E-state index contributed by atoms with van der Waals surface area (Å²) in [5, 5.41) is 3.32. The summed E-state index contributed by atoms with van der Waals surface area (Å²) in [4.78, 5) is 12.9. The Bertz CT molecular complexity index is 958. The summed E-state index contributed by atoms with van der Waals surface area (Å²) in [6, 6.07) is 9.69. The molecule has 1 amide bonds. The number of nitrogens with one attached hydrogen (secondary N) is 1. The van der Waals surface area contributed by atoms with Crippen molar-refractivity contribution >= 4 is 38.9 Å². The van der Waals surface area contributed by atoms with E-state index in [1.807, 2.05) is 26.8 Å². The van der Waals surface area contributed by atoms with Gasteiger partial charge in [-0.15, -0.1) is 0 Å². The Kier molecular flexibility index (Phi) is 6.54. The van der Waals surface area contributed by atoms with Gasteiger partial charge in [0, 0.05) is 10.7 Å². The van der Waals surface area contributed by atoms with Crippen LogP contribution in [0.4, 0.5) is 11.4 Å². The largest absolute Gasteiger partial charge is 0.324 e. The van der Waals surface area contributed by atoms with E-state index in [1.54, 1.807) is 37.3 Å². The summed E-state index contributed by atoms with van der Waals surface area (Å²) in [6.45, 7) is 7.52. The Morgan fingerprint density at radius 2 is 1.70 bits per heavy atom. The zero-order valence-corrected chi connectivity index (χ0v) is 17.8. The lowest BCUT2D eigenvalue weighted by atomic mass is 10.1. The van der Waals surface area contributed by atoms with Crippen molar-refractivity contribution in [1.82, 2.24) is 0 Å². The Morgan fingerprint density at radius 1 is 1.07 bits per heavy atom. The van der Waals surface area contributed by atoms with Crippen molar-refractivity contribution in [2.24, 2.45) is 0 Å². The molecule has 2 aromatic rings. The number of rotatable bonds is 6. The van der Waals surface area contributed by atoms with E-state index in [0.717, 1.165) is 22.9 Å². The fourth-order valence-electron chi connectivity index (χ4n) is 2.82. The van der Waals surface area contributed by atoms with Crippen molar-refractivity contribution in [2.75, 3.05) is 15.9 Å². The molecule has 27 heavy (non-hydrogen) atoms. The van der Waals surface area contributed by atoms with Crippen LogP contribution in [0.25, 0.3) is 0 Å². The van der Waals surface area contributed by atoms with E-state index in [2.05, 4.69) is 5.32 Å². The Balaban J connectivity index is 2.40. The molecule has 0 aliphatic heterocycles. The summed E-state index contributed by atoms with van der Waals surface area (Å²) < 4.78 is 26.2. The smallest absolute Gasteiger partial charge is 0.248 e. The Labute approximate surface area is 166 Å². The molecule has 146 valence electrons. The van der Waals surface area contributed by atoms with Gasteiger partial charge in [-0.2, -0.15) is 0 Å². The minimum atomic E-state index is -3.66. The molecule has 0 saturated heterocycles. The van der Waals surface area contributed by atoms with Crippen LogP contribution in [0.1, 0.15) is 30.0 Å². The van der Waals surface area contributed by atoms with Crippen molar-refractivity contribution in [2.45, 2.75) is 40.2 Å². The summed E-state index contributed by atoms with van der Waals surface area (Å²) >= 11 is 6.12. The van der Waals surface area contributed by atoms with E-state index in [1.165, 1.54) is 4.31 Å². The van der Waals surface area contributed by atoms with Crippen LogP contribution < -0.4 is 9.62 Å². The molecule has 0 aliphatic rings. The summed E-state index contributed by atoms with van der Waals surface area (Å²) in [7, 11) is -3.66. The molecule has 0 saturated carbocycles. The van der Waals surface area contributed by atoms with Crippen LogP contribution in [0.3, 0.4) is 0 Å². The first-order valence-electron chi connectivity index (χ1n) is 8.68. The number of sulfonamides is 1. The molecule has 0 aromatic heterocycles. The number of benzene rings is 2. The standard InChI is InChI=1S/C20H25ClN2O3S/c1-6-19(20(24)22-16-9-7-14(3)18(21)12-16)23(27(5,25)26)17-10-8-13(2)15(4)11-17/h7-12,19H,6H2,1-5H3,(H,22,24). The van der Waals surface area contributed by atoms with Crippen molar-refractivity contribution in [3.63, 3.8) is 0 Å². The molecule has 0 aliphatic carbocycles. The lowest BCUT2D eigenvalue weighted by Gasteiger charge is -2.30. The summed E-state index contributed by atoms with van der Waals surface area (Å²) in [6.07, 6.45) is 1.44. The van der Waals surface area contributed by atoms with Crippen LogP contribution in [-0.4, -0.2) is 26.6 Å². The van der Waals surface area contributed by atoms with Crippen LogP contribution in [0.15, 0.2) is 36.4 Å². The van der Waals surface area contributed by atoms with E-state index in [4.69, 9.17) is 11.6 Å². The molecular formula is C20H25ClN2O3S. The fraction of sp³-hybridized carbons (Fsp3) is 0.350. The number of halogens is 1. The predicted molar refractivity (Wildman–Crippen MR) is 112 cm³/mol. The zero-order chi connectivity index (χ0) is 20.4. The highest BCUT2D eigenvalue weighted by Gasteiger charge is 2.31. The highest BCUT2D eigenvalue weighted by Crippen LogP contribution is 2.26. The first-order chi connectivity index (χ1) is 12.5. The lowest BCUT2D eigenvalue weighted by Crippen LogP contribution is -2.47. The van der Waals surface area contributed by atoms with E-state index in [9.17, 15) is 13.2 Å². The molecule has 0 spiro atoms. The Morgan fingerprint density at radius 3 is 2.22 bits per heavy atom. The zero-order valence-electron chi connectivity index (χ0n) is 16.2. The van der Waals surface area contributed by atoms with Gasteiger partial charge in [0.2, 0.25) is 15.9 Å². The van der Waals surface area contributed by atoms with Crippen LogP contribution in [0.5, 0.6) is 0 Å². The number of nitrogens with zero attached hydrogens (tertiary/aromatic N) is 1. The number of hydrogen-bond donors (Lipinski definition) is 1. The number of amides is 1. The quantitative estimate of drug-likeness (QED) is 0.767. The van der Waals surface area contributed by atoms with Crippen LogP contribution in [0, 0.1) is 20.8 Å². The number of anilines is 2. The van der Waals surface area contributed by atoms with Gasteiger partial charge in [0.25, 0.3) is 0 Å². The van der Waals surface area contributed by atoms with E-state index < -0.39 is 22.0 Å². The number of carbonyl (C=O) groups excluding carboxylic acids is 1. The highest BCUT2D eigenvalue weighted by atomic mass is 35.5. The van der Waals surface area contributed by atoms with Gasteiger partial charge in [0.05, 0.1) is 11.9 Å². The SMILES string of the molecule is CCC(C(=O)Nc1ccc(C)c(Cl)c1)N(c1ccc(C)c(C)c1)S(C)(=O)=O. The average molecular weight is 409 g/mol. The van der Waals surface area contributed by atoms with Crippen molar-refractivity contribution in [3.8, 4) is 0 Å². The van der Waals surface area contributed by atoms with E-state index >= 15 is 0 Å². The maximum absolute atomic E-state index is 12.9. The normalized spacial score (nSPS) is 12.5. The van der Waals surface area contributed by atoms with Crippen LogP contribution in [-0.2, 0) is 14.8 Å². The molecule has 2 rings (SSSR count). The minimum absolute atomic E-state index is 0.325. The van der Waals surface area contributed by atoms with Gasteiger partial charge < -0.3 is 5.32 Å². The maximum Gasteiger partial charge on any atom is 0.248 e. The molecular weight excluding hydrogens is 384 g/mol. The van der Waals surface area contributed by atoms with Gasteiger partial charge in [-0.05, 0) is 68.1 Å².